The molecule has 0 saturated heterocycles. The number of nitrogens with one attached hydrogen (secondary N) is 3. The van der Waals surface area contributed by atoms with Crippen molar-refractivity contribution in [2.45, 2.75) is 55.9 Å². The van der Waals surface area contributed by atoms with E-state index in [4.69, 9.17) is 31.1 Å². The number of aromatic amines is 1. The Morgan fingerprint density at radius 1 is 1.45 bits per heavy atom. The molecule has 1 aliphatic carbocycles. The van der Waals surface area contributed by atoms with Crippen molar-refractivity contribution in [1.29, 1.82) is 0 Å². The molecule has 158 valence electrons. The summed E-state index contributed by atoms with van der Waals surface area (Å²) in [6.07, 6.45) is -0.607. The lowest BCUT2D eigenvalue weighted by Gasteiger charge is -2.14. The van der Waals surface area contributed by atoms with Gasteiger partial charge in [0.1, 0.15) is 16.8 Å². The number of nitrogens with zero attached hydrogens (tertiary/aromatic N) is 2. The van der Waals surface area contributed by atoms with Crippen LogP contribution in [0.15, 0.2) is 23.1 Å². The molecule has 1 saturated carbocycles. The van der Waals surface area contributed by atoms with Gasteiger partial charge in [0.2, 0.25) is 10.0 Å². The Morgan fingerprint density at radius 3 is 2.93 bits per heavy atom. The van der Waals surface area contributed by atoms with Crippen LogP contribution in [0.3, 0.4) is 0 Å². The highest BCUT2D eigenvalue weighted by atomic mass is 35.5. The number of sulfonamides is 1. The first-order valence-electron chi connectivity index (χ1n) is 11.9. The lowest BCUT2D eigenvalue weighted by atomic mass is 10.0. The number of alkyl carbamates (subject to hydrolysis) is 1. The van der Waals surface area contributed by atoms with Crippen molar-refractivity contribution in [1.82, 2.24) is 20.5 Å². The van der Waals surface area contributed by atoms with E-state index in [1.54, 1.807) is 11.4 Å². The van der Waals surface area contributed by atoms with Crippen LogP contribution in [0.4, 0.5) is 16.4 Å². The minimum absolute atomic E-state index is 0.113. The summed E-state index contributed by atoms with van der Waals surface area (Å²) >= 11 is 5.88. The smallest absolute Gasteiger partial charge is 0.407 e. The molecule has 5 N–H and O–H groups in total. The largest absolute Gasteiger partial charge is 0.446 e. The van der Waals surface area contributed by atoms with Crippen molar-refractivity contribution < 1.29 is 27.5 Å². The van der Waals surface area contributed by atoms with Crippen LogP contribution in [0.1, 0.15) is 54.2 Å². The first-order valence-corrected chi connectivity index (χ1v) is 10.3. The van der Waals surface area contributed by atoms with E-state index in [-0.39, 0.29) is 21.8 Å². The highest BCUT2D eigenvalue weighted by Crippen LogP contribution is 2.36. The molecule has 10 nitrogen and oxygen atoms in total. The van der Waals surface area contributed by atoms with E-state index in [2.05, 4.69) is 20.5 Å². The van der Waals surface area contributed by atoms with Crippen LogP contribution < -0.4 is 15.8 Å². The number of hydrogen-bond acceptors (Lipinski definition) is 7. The summed E-state index contributed by atoms with van der Waals surface area (Å²) in [6, 6.07) is 1.02. The summed E-state index contributed by atoms with van der Waals surface area (Å²) in [5.74, 6) is 0.462. The first-order chi connectivity index (χ1) is 16.4. The molecule has 0 unspecified atom stereocenters. The van der Waals surface area contributed by atoms with Crippen molar-refractivity contribution in [2.24, 2.45) is 5.14 Å². The SMILES string of the molecule is [2H]C([2H])([2H])C([2H])(NC(=O)O[C@H]1CC[C@@H](c2cc(Nc3ccc(S(N)(=O)=O)c(Cl)n3)n[nH]2)C1)C([2H])([2H])[2H]. The average Bonchev–Trinajstić information content (AvgIpc) is 3.34. The van der Waals surface area contributed by atoms with Crippen LogP contribution in [-0.2, 0) is 14.8 Å². The summed E-state index contributed by atoms with van der Waals surface area (Å²) in [4.78, 5) is 15.8. The highest BCUT2D eigenvalue weighted by molar-refractivity contribution is 7.89. The quantitative estimate of drug-likeness (QED) is 0.494. The number of anilines is 2. The van der Waals surface area contributed by atoms with Gasteiger partial charge in [-0.15, -0.1) is 0 Å². The van der Waals surface area contributed by atoms with Crippen molar-refractivity contribution in [2.75, 3.05) is 5.32 Å². The van der Waals surface area contributed by atoms with Gasteiger partial charge in [-0.3, -0.25) is 5.10 Å². The second-order valence-electron chi connectivity index (χ2n) is 6.40. The van der Waals surface area contributed by atoms with Gasteiger partial charge in [0.05, 0.1) is 1.37 Å². The molecule has 0 radical (unpaired) electrons. The molecule has 2 aromatic heterocycles. The molecule has 2 aromatic rings. The summed E-state index contributed by atoms with van der Waals surface area (Å²) in [5.41, 5.74) is 0.691. The maximum absolute atomic E-state index is 12.2. The number of H-pyrrole nitrogens is 1. The van der Waals surface area contributed by atoms with Gasteiger partial charge in [-0.2, -0.15) is 5.10 Å². The van der Waals surface area contributed by atoms with Gasteiger partial charge in [0.25, 0.3) is 0 Å². The molecule has 0 aromatic carbocycles. The van der Waals surface area contributed by atoms with Gasteiger partial charge >= 0.3 is 6.09 Å². The Labute approximate surface area is 183 Å². The van der Waals surface area contributed by atoms with Gasteiger partial charge in [-0.25, -0.2) is 23.3 Å². The van der Waals surface area contributed by atoms with Gasteiger partial charge in [-0.1, -0.05) is 11.6 Å². The molecule has 2 atom stereocenters. The maximum atomic E-state index is 12.2. The van der Waals surface area contributed by atoms with E-state index in [1.165, 1.54) is 12.1 Å². The van der Waals surface area contributed by atoms with E-state index in [0.717, 1.165) is 0 Å². The van der Waals surface area contributed by atoms with Gasteiger partial charge in [0.15, 0.2) is 11.0 Å². The fourth-order valence-corrected chi connectivity index (χ4v) is 4.07. The summed E-state index contributed by atoms with van der Waals surface area (Å²) in [5, 5.41) is 16.3. The molecule has 0 aliphatic heterocycles. The lowest BCUT2D eigenvalue weighted by molar-refractivity contribution is 0.0981. The number of carbonyl (C=O) groups excluding carboxylic acids is 1. The Hall–Kier alpha value is -2.37. The van der Waals surface area contributed by atoms with Crippen LogP contribution in [0.25, 0.3) is 0 Å². The monoisotopic (exact) mass is 449 g/mol. The number of aromatic nitrogens is 3. The Balaban J connectivity index is 1.60. The van der Waals surface area contributed by atoms with Crippen LogP contribution in [-0.4, -0.2) is 41.8 Å². The van der Waals surface area contributed by atoms with Crippen molar-refractivity contribution in [3.63, 3.8) is 0 Å². The maximum Gasteiger partial charge on any atom is 0.407 e. The van der Waals surface area contributed by atoms with E-state index >= 15 is 0 Å². The van der Waals surface area contributed by atoms with Crippen LogP contribution in [0.5, 0.6) is 0 Å². The molecular formula is C17H23ClN6O4S. The predicted molar refractivity (Wildman–Crippen MR) is 108 cm³/mol. The molecule has 12 heteroatoms. The van der Waals surface area contributed by atoms with Gasteiger partial charge < -0.3 is 15.4 Å². The molecule has 3 rings (SSSR count). The molecule has 0 bridgehead atoms. The van der Waals surface area contributed by atoms with E-state index in [1.807, 2.05) is 0 Å². The minimum Gasteiger partial charge on any atom is -0.446 e. The third-order valence-electron chi connectivity index (χ3n) is 4.30. The zero-order valence-electron chi connectivity index (χ0n) is 21.9. The summed E-state index contributed by atoms with van der Waals surface area (Å²) < 4.78 is 80.0. The zero-order chi connectivity index (χ0) is 27.1. The molecule has 29 heavy (non-hydrogen) atoms. The Kier molecular flexibility index (Phi) is 4.07. The molecule has 2 heterocycles. The first kappa shape index (κ1) is 13.8. The fraction of sp³-hybridized carbons (Fsp3) is 0.471. The lowest BCUT2D eigenvalue weighted by Crippen LogP contribution is -2.33. The van der Waals surface area contributed by atoms with E-state index in [9.17, 15) is 13.2 Å². The van der Waals surface area contributed by atoms with E-state index < -0.39 is 41.9 Å². The number of rotatable bonds is 6. The number of nitrogens with two attached hydrogens (primary N) is 1. The topological polar surface area (TPSA) is 152 Å². The number of ether oxygens (including phenoxy) is 1. The van der Waals surface area contributed by atoms with Crippen molar-refractivity contribution in [3.05, 3.63) is 29.0 Å². The third-order valence-corrected chi connectivity index (χ3v) is 5.64. The number of carbonyl (C=O) groups is 1. The van der Waals surface area contributed by atoms with Gasteiger partial charge in [0, 0.05) is 31.9 Å². The average molecular weight is 450 g/mol. The van der Waals surface area contributed by atoms with Gasteiger partial charge in [-0.05, 0) is 45.1 Å². The summed E-state index contributed by atoms with van der Waals surface area (Å²) in [6.45, 7) is -6.63. The zero-order valence-corrected chi connectivity index (χ0v) is 16.5. The normalized spacial score (nSPS) is 24.1. The second-order valence-corrected chi connectivity index (χ2v) is 8.29. The van der Waals surface area contributed by atoms with Crippen LogP contribution in [0.2, 0.25) is 5.15 Å². The molecule has 1 fully saturated rings. The molecular weight excluding hydrogens is 420 g/mol. The molecule has 1 amide bonds. The van der Waals surface area contributed by atoms with Crippen LogP contribution >= 0.6 is 11.6 Å². The van der Waals surface area contributed by atoms with Crippen LogP contribution in [0, 0.1) is 0 Å². The number of halogens is 1. The minimum atomic E-state index is -4.02. The number of pyridine rings is 1. The summed E-state index contributed by atoms with van der Waals surface area (Å²) in [7, 11) is -4.02. The number of primary sulfonamides is 1. The Bertz CT molecular complexity index is 1220. The van der Waals surface area contributed by atoms with Crippen molar-refractivity contribution in [3.8, 4) is 0 Å². The van der Waals surface area contributed by atoms with E-state index in [0.29, 0.717) is 30.8 Å². The third kappa shape index (κ3) is 5.58. The second kappa shape index (κ2) is 8.56. The standard InChI is InChI=1S/C17H23ClN6O4S/c1-9(2)20-17(25)28-11-4-3-10(7-11)12-8-15(24-23-12)21-14-6-5-13(16(18)22-14)29(19,26)27/h5-6,8-11H,3-4,7H2,1-2H3,(H,20,25)(H2,19,26,27)(H2,21,22,23,24)/t10-,11+/m1/s1/i1D3,2D3,9D. The fourth-order valence-electron chi connectivity index (χ4n) is 3.06. The van der Waals surface area contributed by atoms with Crippen molar-refractivity contribution >= 4 is 39.4 Å². The predicted octanol–water partition coefficient (Wildman–Crippen LogP) is 2.62. The number of amides is 1. The number of hydrogen-bond donors (Lipinski definition) is 4. The molecule has 1 aliphatic rings. The molecule has 0 spiro atoms. The Morgan fingerprint density at radius 2 is 2.24 bits per heavy atom. The highest BCUT2D eigenvalue weighted by Gasteiger charge is 2.30.